The molecule has 2 aliphatic rings. The Balaban J connectivity index is 2.05. The average molecular weight is 215 g/mol. The van der Waals surface area contributed by atoms with E-state index < -0.39 is 0 Å². The zero-order valence-corrected chi connectivity index (χ0v) is 9.46. The maximum Gasteiger partial charge on any atom is 0.0880 e. The van der Waals surface area contributed by atoms with Gasteiger partial charge in [-0.2, -0.15) is 0 Å². The van der Waals surface area contributed by atoms with Crippen LogP contribution in [0.3, 0.4) is 0 Å². The molecule has 15 heavy (non-hydrogen) atoms. The monoisotopic (exact) mass is 215 g/mol. The average Bonchev–Trinajstić information content (AvgIpc) is 2.49. The first-order chi connectivity index (χ1) is 7.37. The Hall–Kier alpha value is -0.160. The molecule has 0 aliphatic carbocycles. The summed E-state index contributed by atoms with van der Waals surface area (Å²) in [6.45, 7) is 4.13. The van der Waals surface area contributed by atoms with Gasteiger partial charge in [0, 0.05) is 33.3 Å². The fraction of sp³-hybridized carbons (Fsp3) is 1.00. The summed E-state index contributed by atoms with van der Waals surface area (Å²) >= 11 is 0. The number of ether oxygens (including phenoxy) is 3. The van der Waals surface area contributed by atoms with E-state index in [4.69, 9.17) is 14.2 Å². The van der Waals surface area contributed by atoms with Gasteiger partial charge in [-0.15, -0.1) is 0 Å². The Labute approximate surface area is 91.3 Å². The number of morpholine rings is 1. The molecule has 0 radical (unpaired) electrons. The van der Waals surface area contributed by atoms with Crippen molar-refractivity contribution >= 4 is 0 Å². The van der Waals surface area contributed by atoms with Crippen molar-refractivity contribution in [1.29, 1.82) is 0 Å². The van der Waals surface area contributed by atoms with Gasteiger partial charge < -0.3 is 19.5 Å². The molecule has 0 saturated carbocycles. The standard InChI is InChI=1S/C11H21NO3/c1-13-9-10-11(15-8-5-12-10)3-2-6-14-7-4-11/h10,12H,2-9H2,1H3. The fourth-order valence-electron chi connectivity index (χ4n) is 2.59. The van der Waals surface area contributed by atoms with E-state index in [-0.39, 0.29) is 5.60 Å². The molecule has 0 bridgehead atoms. The lowest BCUT2D eigenvalue weighted by Gasteiger charge is -2.43. The lowest BCUT2D eigenvalue weighted by atomic mass is 9.85. The molecule has 2 rings (SSSR count). The zero-order valence-electron chi connectivity index (χ0n) is 9.46. The highest BCUT2D eigenvalue weighted by Crippen LogP contribution is 2.31. The summed E-state index contributed by atoms with van der Waals surface area (Å²) < 4.78 is 16.8. The van der Waals surface area contributed by atoms with Crippen molar-refractivity contribution in [2.24, 2.45) is 0 Å². The molecule has 1 spiro atoms. The van der Waals surface area contributed by atoms with E-state index in [0.717, 1.165) is 52.2 Å². The summed E-state index contributed by atoms with van der Waals surface area (Å²) in [5, 5.41) is 3.50. The van der Waals surface area contributed by atoms with Crippen LogP contribution in [0.15, 0.2) is 0 Å². The first kappa shape index (κ1) is 11.3. The third kappa shape index (κ3) is 2.50. The van der Waals surface area contributed by atoms with Gasteiger partial charge in [0.05, 0.1) is 24.9 Å². The van der Waals surface area contributed by atoms with Crippen molar-refractivity contribution in [3.63, 3.8) is 0 Å². The maximum absolute atomic E-state index is 6.03. The number of hydrogen-bond acceptors (Lipinski definition) is 4. The van der Waals surface area contributed by atoms with Gasteiger partial charge in [0.15, 0.2) is 0 Å². The first-order valence-electron chi connectivity index (χ1n) is 5.81. The second-order valence-electron chi connectivity index (χ2n) is 4.34. The van der Waals surface area contributed by atoms with Gasteiger partial charge in [0.2, 0.25) is 0 Å². The SMILES string of the molecule is COCC1NCCOC12CCCOCC2. The van der Waals surface area contributed by atoms with Crippen molar-refractivity contribution in [2.45, 2.75) is 30.9 Å². The molecule has 2 unspecified atom stereocenters. The highest BCUT2D eigenvalue weighted by atomic mass is 16.5. The molecular weight excluding hydrogens is 194 g/mol. The molecular formula is C11H21NO3. The molecule has 2 heterocycles. The van der Waals surface area contributed by atoms with Gasteiger partial charge in [0.1, 0.15) is 0 Å². The molecule has 4 nitrogen and oxygen atoms in total. The second-order valence-corrected chi connectivity index (χ2v) is 4.34. The van der Waals surface area contributed by atoms with E-state index in [1.54, 1.807) is 7.11 Å². The molecule has 2 atom stereocenters. The van der Waals surface area contributed by atoms with E-state index in [2.05, 4.69) is 5.32 Å². The van der Waals surface area contributed by atoms with E-state index in [9.17, 15) is 0 Å². The van der Waals surface area contributed by atoms with Crippen LogP contribution in [-0.2, 0) is 14.2 Å². The van der Waals surface area contributed by atoms with Gasteiger partial charge in [-0.3, -0.25) is 0 Å². The fourth-order valence-corrected chi connectivity index (χ4v) is 2.59. The molecule has 0 aromatic carbocycles. The van der Waals surface area contributed by atoms with Crippen LogP contribution in [-0.4, -0.2) is 51.7 Å². The minimum Gasteiger partial charge on any atom is -0.383 e. The third-order valence-electron chi connectivity index (χ3n) is 3.41. The molecule has 4 heteroatoms. The van der Waals surface area contributed by atoms with E-state index >= 15 is 0 Å². The van der Waals surface area contributed by atoms with E-state index in [0.29, 0.717) is 6.04 Å². The van der Waals surface area contributed by atoms with Crippen LogP contribution < -0.4 is 5.32 Å². The first-order valence-corrected chi connectivity index (χ1v) is 5.81. The van der Waals surface area contributed by atoms with Crippen LogP contribution in [0, 0.1) is 0 Å². The maximum atomic E-state index is 6.03. The Morgan fingerprint density at radius 1 is 1.33 bits per heavy atom. The highest BCUT2D eigenvalue weighted by Gasteiger charge is 2.42. The normalized spacial score (nSPS) is 37.8. The molecule has 2 aliphatic heterocycles. The summed E-state index contributed by atoms with van der Waals surface area (Å²) in [6, 6.07) is 0.318. The van der Waals surface area contributed by atoms with Gasteiger partial charge in [-0.1, -0.05) is 0 Å². The van der Waals surface area contributed by atoms with Crippen LogP contribution in [0.25, 0.3) is 0 Å². The van der Waals surface area contributed by atoms with Gasteiger partial charge >= 0.3 is 0 Å². The van der Waals surface area contributed by atoms with Crippen LogP contribution in [0.2, 0.25) is 0 Å². The number of methoxy groups -OCH3 is 1. The minimum atomic E-state index is -0.0508. The Bertz CT molecular complexity index is 188. The van der Waals surface area contributed by atoms with Crippen molar-refractivity contribution in [1.82, 2.24) is 5.32 Å². The highest BCUT2D eigenvalue weighted by molar-refractivity contribution is 4.96. The third-order valence-corrected chi connectivity index (χ3v) is 3.41. The van der Waals surface area contributed by atoms with Gasteiger partial charge in [-0.05, 0) is 12.8 Å². The van der Waals surface area contributed by atoms with Crippen LogP contribution in [0.5, 0.6) is 0 Å². The van der Waals surface area contributed by atoms with Crippen LogP contribution >= 0.6 is 0 Å². The quantitative estimate of drug-likeness (QED) is 0.730. The largest absolute Gasteiger partial charge is 0.383 e. The Kier molecular flexibility index (Phi) is 3.97. The number of hydrogen-bond donors (Lipinski definition) is 1. The number of nitrogens with one attached hydrogen (secondary N) is 1. The summed E-state index contributed by atoms with van der Waals surface area (Å²) in [5.74, 6) is 0. The smallest absolute Gasteiger partial charge is 0.0880 e. The van der Waals surface area contributed by atoms with Crippen LogP contribution in [0.4, 0.5) is 0 Å². The van der Waals surface area contributed by atoms with Crippen LogP contribution in [0.1, 0.15) is 19.3 Å². The van der Waals surface area contributed by atoms with E-state index in [1.807, 2.05) is 0 Å². The summed E-state index contributed by atoms with van der Waals surface area (Å²) in [4.78, 5) is 0. The van der Waals surface area contributed by atoms with Crippen molar-refractivity contribution in [3.05, 3.63) is 0 Å². The number of rotatable bonds is 2. The summed E-state index contributed by atoms with van der Waals surface area (Å²) in [6.07, 6.45) is 3.14. The molecule has 1 N–H and O–H groups in total. The molecule has 2 saturated heterocycles. The van der Waals surface area contributed by atoms with Gasteiger partial charge in [0.25, 0.3) is 0 Å². The molecule has 0 aromatic heterocycles. The van der Waals surface area contributed by atoms with Crippen molar-refractivity contribution < 1.29 is 14.2 Å². The lowest BCUT2D eigenvalue weighted by Crippen LogP contribution is -2.60. The minimum absolute atomic E-state index is 0.0508. The summed E-state index contributed by atoms with van der Waals surface area (Å²) in [5.41, 5.74) is -0.0508. The molecule has 2 fully saturated rings. The Morgan fingerprint density at radius 3 is 3.13 bits per heavy atom. The van der Waals surface area contributed by atoms with E-state index in [1.165, 1.54) is 0 Å². The zero-order chi connectivity index (χ0) is 10.6. The van der Waals surface area contributed by atoms with Crippen molar-refractivity contribution in [3.8, 4) is 0 Å². The molecule has 0 amide bonds. The predicted octanol–water partition coefficient (Wildman–Crippen LogP) is 0.560. The second kappa shape index (κ2) is 5.25. The topological polar surface area (TPSA) is 39.7 Å². The summed E-state index contributed by atoms with van der Waals surface area (Å²) in [7, 11) is 1.75. The lowest BCUT2D eigenvalue weighted by molar-refractivity contribution is -0.119. The molecule has 0 aromatic rings. The Morgan fingerprint density at radius 2 is 2.27 bits per heavy atom. The predicted molar refractivity (Wildman–Crippen MR) is 57.0 cm³/mol. The molecule has 88 valence electrons. The van der Waals surface area contributed by atoms with Gasteiger partial charge in [-0.25, -0.2) is 0 Å². The van der Waals surface area contributed by atoms with Crippen molar-refractivity contribution in [2.75, 3.05) is 40.1 Å².